The number of aromatic nitrogens is 5. The zero-order valence-corrected chi connectivity index (χ0v) is 19.6. The fourth-order valence-corrected chi connectivity index (χ4v) is 3.59. The number of hydrogen-bond acceptors (Lipinski definition) is 7. The van der Waals surface area contributed by atoms with E-state index in [-0.39, 0.29) is 34.5 Å². The maximum atomic E-state index is 13.4. The highest BCUT2D eigenvalue weighted by Crippen LogP contribution is 2.27. The number of anilines is 1. The van der Waals surface area contributed by atoms with Gasteiger partial charge >= 0.3 is 6.18 Å². The van der Waals surface area contributed by atoms with Gasteiger partial charge in [-0.2, -0.15) is 23.5 Å². The summed E-state index contributed by atoms with van der Waals surface area (Å²) in [7, 11) is 0. The number of rotatable bonds is 7. The second-order valence-electron chi connectivity index (χ2n) is 7.51. The van der Waals surface area contributed by atoms with Crippen molar-refractivity contribution in [2.45, 2.75) is 13.1 Å². The molecule has 15 heteroatoms. The molecule has 0 radical (unpaired) electrons. The van der Waals surface area contributed by atoms with Gasteiger partial charge in [-0.15, -0.1) is 5.10 Å². The molecule has 0 aliphatic heterocycles. The molecule has 0 fully saturated rings. The van der Waals surface area contributed by atoms with Crippen LogP contribution in [0.25, 0.3) is 11.3 Å². The molecule has 0 bridgehead atoms. The molecule has 0 atom stereocenters. The summed E-state index contributed by atoms with van der Waals surface area (Å²) < 4.78 is 45.0. The van der Waals surface area contributed by atoms with Crippen LogP contribution in [0.15, 0.2) is 42.7 Å². The van der Waals surface area contributed by atoms with Crippen LogP contribution < -0.4 is 15.4 Å². The number of nitrogens with zero attached hydrogens (tertiary/aromatic N) is 6. The van der Waals surface area contributed by atoms with Crippen LogP contribution >= 0.6 is 11.6 Å². The number of hydrogen-bond donors (Lipinski definition) is 2. The Labute approximate surface area is 211 Å². The Bertz CT molecular complexity index is 1540. The van der Waals surface area contributed by atoms with E-state index < -0.39 is 30.5 Å². The van der Waals surface area contributed by atoms with Crippen molar-refractivity contribution >= 4 is 34.6 Å². The van der Waals surface area contributed by atoms with Crippen LogP contribution in [-0.4, -0.2) is 55.5 Å². The number of halogens is 4. The summed E-state index contributed by atoms with van der Waals surface area (Å²) in [6.45, 7) is -0.304. The van der Waals surface area contributed by atoms with Crippen LogP contribution in [0.1, 0.15) is 26.5 Å². The second-order valence-corrected chi connectivity index (χ2v) is 7.91. The second kappa shape index (κ2) is 10.2. The van der Waals surface area contributed by atoms with Gasteiger partial charge in [-0.3, -0.25) is 9.59 Å². The molecule has 37 heavy (non-hydrogen) atoms. The molecule has 190 valence electrons. The number of nitrogens with one attached hydrogen (secondary N) is 2. The molecular formula is C22H16ClF3N8O3. The monoisotopic (exact) mass is 532 g/mol. The molecule has 2 N–H and O–H groups in total. The van der Waals surface area contributed by atoms with E-state index in [0.29, 0.717) is 11.1 Å². The lowest BCUT2D eigenvalue weighted by molar-refractivity contribution is -0.154. The highest BCUT2D eigenvalue weighted by molar-refractivity contribution is 6.32. The Morgan fingerprint density at radius 3 is 2.70 bits per heavy atom. The molecule has 0 saturated heterocycles. The summed E-state index contributed by atoms with van der Waals surface area (Å²) in [4.78, 5) is 30.3. The molecule has 0 saturated carbocycles. The minimum atomic E-state index is -4.64. The third kappa shape index (κ3) is 5.46. The predicted octanol–water partition coefficient (Wildman–Crippen LogP) is 3.32. The summed E-state index contributed by atoms with van der Waals surface area (Å²) in [6, 6.07) is 9.06. The van der Waals surface area contributed by atoms with Crippen molar-refractivity contribution in [3.63, 3.8) is 0 Å². The smallest absolute Gasteiger partial charge is 0.422 e. The number of ether oxygens (including phenoxy) is 1. The van der Waals surface area contributed by atoms with Gasteiger partial charge in [0, 0.05) is 12.3 Å². The van der Waals surface area contributed by atoms with E-state index in [1.807, 2.05) is 0 Å². The molecule has 4 heterocycles. The molecule has 4 aromatic heterocycles. The lowest BCUT2D eigenvalue weighted by Crippen LogP contribution is -2.29. The van der Waals surface area contributed by atoms with E-state index in [1.54, 1.807) is 25.1 Å². The van der Waals surface area contributed by atoms with Crippen molar-refractivity contribution in [3.8, 4) is 17.8 Å². The van der Waals surface area contributed by atoms with Crippen LogP contribution in [-0.2, 0) is 0 Å². The number of fused-ring (bicyclic) bond motifs is 1. The Hall–Kier alpha value is -4.64. The highest BCUT2D eigenvalue weighted by atomic mass is 35.5. The lowest BCUT2D eigenvalue weighted by atomic mass is 10.1. The maximum absolute atomic E-state index is 13.4. The fourth-order valence-electron chi connectivity index (χ4n) is 3.39. The van der Waals surface area contributed by atoms with Crippen molar-refractivity contribution in [2.75, 3.05) is 18.5 Å². The standard InChI is InChI=1S/C22H16ClF3N8O3/c1-12-9-13-4-7-30-33(13)18(21(36)29-8-5-27)17(12)31-20(35)15-10-16(37-11-22(24,25)26)32-34(15)19-14(23)3-2-6-28-19/h2-4,6-7,9-10H,8,11H2,1H3,(H,29,36)(H,31,35). The minimum absolute atomic E-state index is 0.0394. The first-order valence-corrected chi connectivity index (χ1v) is 10.8. The first-order chi connectivity index (χ1) is 17.6. The van der Waals surface area contributed by atoms with Crippen molar-refractivity contribution in [1.82, 2.24) is 29.7 Å². The molecule has 0 unspecified atom stereocenters. The molecular weight excluding hydrogens is 517 g/mol. The number of pyridine rings is 2. The highest BCUT2D eigenvalue weighted by Gasteiger charge is 2.30. The minimum Gasteiger partial charge on any atom is -0.467 e. The number of alkyl halides is 3. The van der Waals surface area contributed by atoms with E-state index in [9.17, 15) is 22.8 Å². The maximum Gasteiger partial charge on any atom is 0.422 e. The number of carbonyl (C=O) groups is 2. The summed E-state index contributed by atoms with van der Waals surface area (Å²) >= 11 is 6.18. The summed E-state index contributed by atoms with van der Waals surface area (Å²) in [5.41, 5.74) is 0.721. The van der Waals surface area contributed by atoms with Gasteiger partial charge in [0.15, 0.2) is 18.1 Å². The van der Waals surface area contributed by atoms with Crippen LogP contribution in [0.2, 0.25) is 5.02 Å². The topological polar surface area (TPSA) is 139 Å². The van der Waals surface area contributed by atoms with Gasteiger partial charge in [0.2, 0.25) is 5.88 Å². The van der Waals surface area contributed by atoms with Gasteiger partial charge in [0.1, 0.15) is 12.2 Å². The Kier molecular flexibility index (Phi) is 6.98. The molecule has 0 aromatic carbocycles. The average molecular weight is 533 g/mol. The van der Waals surface area contributed by atoms with E-state index in [0.717, 1.165) is 10.7 Å². The molecule has 4 aromatic rings. The number of amides is 2. The van der Waals surface area contributed by atoms with Gasteiger partial charge in [0.25, 0.3) is 11.8 Å². The number of nitriles is 1. The van der Waals surface area contributed by atoms with Crippen LogP contribution in [0.3, 0.4) is 0 Å². The van der Waals surface area contributed by atoms with E-state index >= 15 is 0 Å². The molecule has 2 amide bonds. The molecule has 11 nitrogen and oxygen atoms in total. The van der Waals surface area contributed by atoms with Gasteiger partial charge in [-0.05, 0) is 36.8 Å². The van der Waals surface area contributed by atoms with Crippen molar-refractivity contribution < 1.29 is 27.5 Å². The summed E-state index contributed by atoms with van der Waals surface area (Å²) in [5, 5.41) is 21.9. The largest absolute Gasteiger partial charge is 0.467 e. The van der Waals surface area contributed by atoms with E-state index in [4.69, 9.17) is 21.6 Å². The predicted molar refractivity (Wildman–Crippen MR) is 124 cm³/mol. The van der Waals surface area contributed by atoms with E-state index in [1.165, 1.54) is 29.0 Å². The molecule has 0 aliphatic rings. The molecule has 0 aliphatic carbocycles. The zero-order chi connectivity index (χ0) is 26.7. The number of carbonyl (C=O) groups excluding carboxylic acids is 2. The Morgan fingerprint density at radius 2 is 2.00 bits per heavy atom. The third-order valence-corrected chi connectivity index (χ3v) is 5.20. The first-order valence-electron chi connectivity index (χ1n) is 10.4. The summed E-state index contributed by atoms with van der Waals surface area (Å²) in [5.74, 6) is -2.09. The van der Waals surface area contributed by atoms with Crippen LogP contribution in [0.5, 0.6) is 5.88 Å². The normalized spacial score (nSPS) is 11.2. The third-order valence-electron chi connectivity index (χ3n) is 4.90. The van der Waals surface area contributed by atoms with Gasteiger partial charge in [0.05, 0.1) is 28.5 Å². The van der Waals surface area contributed by atoms with Gasteiger partial charge in [-0.1, -0.05) is 11.6 Å². The summed E-state index contributed by atoms with van der Waals surface area (Å²) in [6.07, 6.45) is -1.84. The Morgan fingerprint density at radius 1 is 1.22 bits per heavy atom. The fraction of sp³-hybridized carbons (Fsp3) is 0.182. The zero-order valence-electron chi connectivity index (χ0n) is 18.9. The average Bonchev–Trinajstić information content (AvgIpc) is 3.48. The first kappa shape index (κ1) is 25.5. The van der Waals surface area contributed by atoms with Crippen molar-refractivity contribution in [2.24, 2.45) is 0 Å². The molecule has 4 rings (SSSR count). The SMILES string of the molecule is Cc1cc2ccnn2c(C(=O)NCC#N)c1NC(=O)c1cc(OCC(F)(F)F)nn1-c1ncccc1Cl. The molecule has 0 spiro atoms. The van der Waals surface area contributed by atoms with Crippen molar-refractivity contribution in [1.29, 1.82) is 5.26 Å². The van der Waals surface area contributed by atoms with Crippen LogP contribution in [0.4, 0.5) is 18.9 Å². The Balaban J connectivity index is 1.78. The van der Waals surface area contributed by atoms with Gasteiger partial charge < -0.3 is 15.4 Å². The number of aryl methyl sites for hydroxylation is 1. The lowest BCUT2D eigenvalue weighted by Gasteiger charge is -2.15. The van der Waals surface area contributed by atoms with Crippen LogP contribution in [0, 0.1) is 18.3 Å². The van der Waals surface area contributed by atoms with Gasteiger partial charge in [-0.25, -0.2) is 14.2 Å². The quantitative estimate of drug-likeness (QED) is 0.348. The van der Waals surface area contributed by atoms with E-state index in [2.05, 4.69) is 25.8 Å². The van der Waals surface area contributed by atoms with Crippen molar-refractivity contribution in [3.05, 3.63) is 64.7 Å².